The number of hydrogen-bond donors (Lipinski definition) is 3. The molecule has 3 aliphatic heterocycles. The van der Waals surface area contributed by atoms with Crippen LogP contribution in [0.5, 0.6) is 11.5 Å². The van der Waals surface area contributed by atoms with Gasteiger partial charge in [0.05, 0.1) is 14.2 Å². The second kappa shape index (κ2) is 12.4. The molecule has 11 nitrogen and oxygen atoms in total. The summed E-state index contributed by atoms with van der Waals surface area (Å²) < 4.78 is 47.2. The summed E-state index contributed by atoms with van der Waals surface area (Å²) in [5, 5.41) is 17.7. The summed E-state index contributed by atoms with van der Waals surface area (Å²) >= 11 is 0. The fourth-order valence-corrected chi connectivity index (χ4v) is 7.74. The van der Waals surface area contributed by atoms with Gasteiger partial charge in [0, 0.05) is 24.6 Å². The first-order valence-corrected chi connectivity index (χ1v) is 17.0. The van der Waals surface area contributed by atoms with Gasteiger partial charge >= 0.3 is 6.03 Å². The van der Waals surface area contributed by atoms with E-state index in [1.165, 1.54) is 4.90 Å². The Morgan fingerprint density at radius 2 is 1.46 bits per heavy atom. The van der Waals surface area contributed by atoms with Gasteiger partial charge in [0.2, 0.25) is 0 Å². The summed E-state index contributed by atoms with van der Waals surface area (Å²) in [4.78, 5) is 27.6. The van der Waals surface area contributed by atoms with Crippen molar-refractivity contribution in [2.45, 2.75) is 61.1 Å². The number of hydrogen-bond acceptors (Lipinski definition) is 8. The number of aliphatic hydroxyl groups is 1. The van der Waals surface area contributed by atoms with Gasteiger partial charge in [0.1, 0.15) is 41.2 Å². The lowest BCUT2D eigenvalue weighted by molar-refractivity contribution is -0.211. The predicted octanol–water partition coefficient (Wildman–Crippen LogP) is 5.34. The minimum absolute atomic E-state index is 0.112. The average molecular weight is 708 g/mol. The van der Waals surface area contributed by atoms with E-state index >= 15 is 4.39 Å². The molecule has 1 unspecified atom stereocenters. The monoisotopic (exact) mass is 707 g/mol. The Morgan fingerprint density at radius 1 is 0.904 bits per heavy atom. The minimum atomic E-state index is -2.39. The van der Waals surface area contributed by atoms with Crippen molar-refractivity contribution in [3.63, 3.8) is 0 Å². The zero-order valence-corrected chi connectivity index (χ0v) is 28.7. The quantitative estimate of drug-likeness (QED) is 0.149. The Hall–Kier alpha value is -5.27. The van der Waals surface area contributed by atoms with Crippen LogP contribution in [0, 0.1) is 0 Å². The number of nitrogens with one attached hydrogen (secondary N) is 2. The van der Waals surface area contributed by atoms with E-state index in [0.29, 0.717) is 39.3 Å². The van der Waals surface area contributed by atoms with Gasteiger partial charge in [0.25, 0.3) is 17.5 Å². The number of epoxide rings is 1. The van der Waals surface area contributed by atoms with Crippen molar-refractivity contribution >= 4 is 11.9 Å². The van der Waals surface area contributed by atoms with Crippen LogP contribution in [0.15, 0.2) is 121 Å². The number of amides is 3. The molecule has 0 bridgehead atoms. The maximum absolute atomic E-state index is 16.9. The summed E-state index contributed by atoms with van der Waals surface area (Å²) in [6.45, 7) is 1.76. The van der Waals surface area contributed by atoms with Gasteiger partial charge in [-0.2, -0.15) is 0 Å². The Bertz CT molecular complexity index is 1970. The molecule has 268 valence electrons. The van der Waals surface area contributed by atoms with Crippen LogP contribution in [-0.4, -0.2) is 71.9 Å². The maximum atomic E-state index is 16.9. The summed E-state index contributed by atoms with van der Waals surface area (Å²) in [5.74, 6) is -3.58. The lowest BCUT2D eigenvalue weighted by Gasteiger charge is -2.39. The fraction of sp³-hybridized carbons (Fsp3) is 0.300. The van der Waals surface area contributed by atoms with Gasteiger partial charge in [-0.25, -0.2) is 9.18 Å². The number of ether oxygens (including phenoxy) is 5. The SMILES string of the molecule is COc1ccc(C(O[C@]23O[C@@]2(F)C[C@]2(O)C[C@H](N4C=C(C)C(NC(=O)c5ccccc5)NC4=O)O[C@@H]23)(c2ccccc2)c2ccc(OC)cc2)cc1. The van der Waals surface area contributed by atoms with Crippen LogP contribution in [0.4, 0.5) is 9.18 Å². The van der Waals surface area contributed by atoms with Gasteiger partial charge < -0.3 is 39.4 Å². The van der Waals surface area contributed by atoms with Crippen LogP contribution in [-0.2, 0) is 19.8 Å². The molecule has 1 saturated carbocycles. The molecule has 4 aliphatic rings. The molecular formula is C40H38FN3O8. The van der Waals surface area contributed by atoms with E-state index < -0.39 is 53.8 Å². The third-order valence-corrected chi connectivity index (χ3v) is 10.4. The number of rotatable bonds is 10. The minimum Gasteiger partial charge on any atom is -0.497 e. The Kier molecular flexibility index (Phi) is 8.10. The number of methoxy groups -OCH3 is 2. The van der Waals surface area contributed by atoms with E-state index in [0.717, 1.165) is 0 Å². The molecule has 3 N–H and O–H groups in total. The summed E-state index contributed by atoms with van der Waals surface area (Å²) in [6.07, 6.45) is -2.09. The first kappa shape index (κ1) is 33.9. The smallest absolute Gasteiger partial charge is 0.325 e. The standard InChI is InChI=1S/C40H38FN3O8/c1-25-23-44(36(46)43-33(25)42-34(45)26-10-6-4-7-11-26)32-22-37(47)24-38(41)40(51-38,35(37)50-32)52-39(27-12-8-5-9-13-27,28-14-18-30(48-2)19-15-28)29-16-20-31(49-3)21-17-29/h4-21,23,32-33,35,47H,22,24H2,1-3H3,(H,42,45)(H,43,46)/t32-,33?,35+,37-,38+,40+/m1/s1. The fourth-order valence-electron chi connectivity index (χ4n) is 7.74. The molecule has 2 saturated heterocycles. The van der Waals surface area contributed by atoms with Crippen LogP contribution in [0.25, 0.3) is 0 Å². The van der Waals surface area contributed by atoms with Crippen LogP contribution >= 0.6 is 0 Å². The lowest BCUT2D eigenvalue weighted by atomic mass is 9.79. The number of benzene rings is 4. The van der Waals surface area contributed by atoms with E-state index in [1.807, 2.05) is 60.7 Å². The molecule has 12 heteroatoms. The molecular weight excluding hydrogens is 669 g/mol. The highest BCUT2D eigenvalue weighted by Gasteiger charge is 2.91. The molecule has 0 radical (unpaired) electrons. The third kappa shape index (κ3) is 5.33. The van der Waals surface area contributed by atoms with Gasteiger partial charge in [0.15, 0.2) is 0 Å². The largest absolute Gasteiger partial charge is 0.497 e. The molecule has 0 spiro atoms. The van der Waals surface area contributed by atoms with Gasteiger partial charge in [-0.1, -0.05) is 72.8 Å². The second-order valence-electron chi connectivity index (χ2n) is 13.6. The van der Waals surface area contributed by atoms with Crippen molar-refractivity contribution in [1.82, 2.24) is 15.5 Å². The summed E-state index contributed by atoms with van der Waals surface area (Å²) in [5.41, 5.74) is -0.225. The van der Waals surface area contributed by atoms with Crippen LogP contribution in [0.1, 0.15) is 46.8 Å². The van der Waals surface area contributed by atoms with Crippen LogP contribution < -0.4 is 20.1 Å². The van der Waals surface area contributed by atoms with Crippen LogP contribution in [0.3, 0.4) is 0 Å². The number of alkyl halides is 1. The Morgan fingerprint density at radius 3 is 2.04 bits per heavy atom. The van der Waals surface area contributed by atoms with E-state index in [1.54, 1.807) is 75.9 Å². The number of halogens is 1. The molecule has 0 aromatic heterocycles. The van der Waals surface area contributed by atoms with E-state index in [2.05, 4.69) is 10.6 Å². The number of urea groups is 1. The highest BCUT2D eigenvalue weighted by Crippen LogP contribution is 2.70. The molecule has 3 heterocycles. The van der Waals surface area contributed by atoms with Gasteiger partial charge in [-0.3, -0.25) is 9.69 Å². The van der Waals surface area contributed by atoms with Crippen molar-refractivity contribution in [3.05, 3.63) is 143 Å². The van der Waals surface area contributed by atoms with Crippen molar-refractivity contribution in [1.29, 1.82) is 0 Å². The molecule has 52 heavy (non-hydrogen) atoms. The van der Waals surface area contributed by atoms with Crippen molar-refractivity contribution in [2.24, 2.45) is 0 Å². The van der Waals surface area contributed by atoms with Crippen molar-refractivity contribution in [2.75, 3.05) is 14.2 Å². The zero-order chi connectivity index (χ0) is 36.3. The highest BCUT2D eigenvalue weighted by molar-refractivity contribution is 5.95. The van der Waals surface area contributed by atoms with Crippen LogP contribution in [0.2, 0.25) is 0 Å². The Labute approximate surface area is 299 Å². The number of fused-ring (bicyclic) bond motifs is 3. The molecule has 4 aromatic carbocycles. The van der Waals surface area contributed by atoms with E-state index in [4.69, 9.17) is 23.7 Å². The normalized spacial score (nSPS) is 29.0. The third-order valence-electron chi connectivity index (χ3n) is 10.4. The highest BCUT2D eigenvalue weighted by atomic mass is 19.2. The lowest BCUT2D eigenvalue weighted by Crippen LogP contribution is -2.57. The van der Waals surface area contributed by atoms with Gasteiger partial charge in [-0.15, -0.1) is 0 Å². The topological polar surface area (TPSA) is 131 Å². The average Bonchev–Trinajstić information content (AvgIpc) is 3.48. The first-order chi connectivity index (χ1) is 25.0. The summed E-state index contributed by atoms with van der Waals surface area (Å²) in [7, 11) is 3.14. The molecule has 4 aromatic rings. The van der Waals surface area contributed by atoms with E-state index in [-0.39, 0.29) is 12.3 Å². The van der Waals surface area contributed by atoms with Crippen molar-refractivity contribution < 1.29 is 42.8 Å². The predicted molar refractivity (Wildman–Crippen MR) is 186 cm³/mol. The summed E-state index contributed by atoms with van der Waals surface area (Å²) in [6, 6.07) is 32.0. The van der Waals surface area contributed by atoms with Crippen molar-refractivity contribution in [3.8, 4) is 11.5 Å². The number of carbonyl (C=O) groups excluding carboxylic acids is 2. The zero-order valence-electron chi connectivity index (χ0n) is 28.7. The molecule has 8 rings (SSSR count). The van der Waals surface area contributed by atoms with E-state index in [9.17, 15) is 14.7 Å². The number of carbonyl (C=O) groups is 2. The van der Waals surface area contributed by atoms with Gasteiger partial charge in [-0.05, 0) is 65.6 Å². The molecule has 3 fully saturated rings. The number of nitrogens with zero attached hydrogens (tertiary/aromatic N) is 1. The Balaban J connectivity index is 1.14. The maximum Gasteiger partial charge on any atom is 0.325 e. The molecule has 6 atom stereocenters. The second-order valence-corrected chi connectivity index (χ2v) is 13.6. The first-order valence-electron chi connectivity index (χ1n) is 17.0. The molecule has 1 aliphatic carbocycles. The molecule has 3 amide bonds.